The molecule has 1 aliphatic rings. The average molecular weight is 326 g/mol. The molecule has 19 heavy (non-hydrogen) atoms. The molecule has 2 unspecified atom stereocenters. The van der Waals surface area contributed by atoms with Crippen molar-refractivity contribution < 1.29 is 14.7 Å². The summed E-state index contributed by atoms with van der Waals surface area (Å²) in [6, 6.07) is 6.75. The summed E-state index contributed by atoms with van der Waals surface area (Å²) in [4.78, 5) is 23.5. The van der Waals surface area contributed by atoms with E-state index in [9.17, 15) is 14.7 Å². The van der Waals surface area contributed by atoms with E-state index in [1.807, 2.05) is 6.07 Å². The molecule has 2 rings (SSSR count). The van der Waals surface area contributed by atoms with Gasteiger partial charge in [0.25, 0.3) is 5.91 Å². The molecule has 1 fully saturated rings. The predicted molar refractivity (Wildman–Crippen MR) is 75.0 cm³/mol. The van der Waals surface area contributed by atoms with Crippen LogP contribution in [0.2, 0.25) is 0 Å². The average Bonchev–Trinajstić information content (AvgIpc) is 2.72. The van der Waals surface area contributed by atoms with Crippen molar-refractivity contribution in [2.24, 2.45) is 5.41 Å². The van der Waals surface area contributed by atoms with Gasteiger partial charge < -0.3 is 10.4 Å². The molecular weight excluding hydrogens is 310 g/mol. The lowest BCUT2D eigenvalue weighted by molar-refractivity contribution is -0.148. The van der Waals surface area contributed by atoms with Crippen LogP contribution in [-0.2, 0) is 4.79 Å². The summed E-state index contributed by atoms with van der Waals surface area (Å²) in [5.74, 6) is -1.06. The van der Waals surface area contributed by atoms with Crippen LogP contribution in [0.5, 0.6) is 0 Å². The van der Waals surface area contributed by atoms with E-state index in [0.29, 0.717) is 18.4 Å². The van der Waals surface area contributed by atoms with Crippen molar-refractivity contribution in [1.82, 2.24) is 5.32 Å². The maximum atomic E-state index is 12.1. The quantitative estimate of drug-likeness (QED) is 0.898. The Morgan fingerprint density at radius 1 is 1.47 bits per heavy atom. The Morgan fingerprint density at radius 2 is 2.21 bits per heavy atom. The molecule has 0 heterocycles. The molecule has 1 amide bonds. The van der Waals surface area contributed by atoms with Crippen LogP contribution in [0.3, 0.4) is 0 Å². The summed E-state index contributed by atoms with van der Waals surface area (Å²) >= 11 is 3.31. The lowest BCUT2D eigenvalue weighted by atomic mass is 9.85. The zero-order valence-corrected chi connectivity index (χ0v) is 12.2. The molecule has 0 aromatic heterocycles. The number of rotatable bonds is 3. The Bertz CT molecular complexity index is 517. The molecule has 0 aliphatic heterocycles. The number of carboxylic acid groups (broad SMARTS) is 1. The van der Waals surface area contributed by atoms with Crippen molar-refractivity contribution in [2.75, 3.05) is 0 Å². The van der Waals surface area contributed by atoms with Crippen LogP contribution < -0.4 is 5.32 Å². The Hall–Kier alpha value is -1.36. The highest BCUT2D eigenvalue weighted by atomic mass is 79.9. The van der Waals surface area contributed by atoms with Crippen LogP contribution in [0.1, 0.15) is 36.5 Å². The number of aliphatic carboxylic acids is 1. The predicted octanol–water partition coefficient (Wildman–Crippen LogP) is 2.82. The van der Waals surface area contributed by atoms with E-state index in [1.54, 1.807) is 25.1 Å². The van der Waals surface area contributed by atoms with Crippen molar-refractivity contribution in [3.05, 3.63) is 34.3 Å². The third-order valence-electron chi connectivity index (χ3n) is 3.84. The third kappa shape index (κ3) is 2.81. The molecule has 1 aromatic rings. The smallest absolute Gasteiger partial charge is 0.311 e. The second kappa shape index (κ2) is 5.33. The fraction of sp³-hybridized carbons (Fsp3) is 0.429. The van der Waals surface area contributed by atoms with E-state index < -0.39 is 11.4 Å². The highest BCUT2D eigenvalue weighted by molar-refractivity contribution is 9.10. The fourth-order valence-electron chi connectivity index (χ4n) is 2.52. The first kappa shape index (κ1) is 14.1. The van der Waals surface area contributed by atoms with Crippen LogP contribution in [0.25, 0.3) is 0 Å². The summed E-state index contributed by atoms with van der Waals surface area (Å²) in [7, 11) is 0. The summed E-state index contributed by atoms with van der Waals surface area (Å²) in [5, 5.41) is 12.2. The second-order valence-electron chi connectivity index (χ2n) is 5.15. The highest BCUT2D eigenvalue weighted by Crippen LogP contribution is 2.38. The molecule has 1 aliphatic carbocycles. The number of benzene rings is 1. The number of carbonyl (C=O) groups is 2. The number of nitrogens with one attached hydrogen (secondary N) is 1. The topological polar surface area (TPSA) is 66.4 Å². The molecule has 0 radical (unpaired) electrons. The van der Waals surface area contributed by atoms with Gasteiger partial charge in [0.05, 0.1) is 5.41 Å². The third-order valence-corrected chi connectivity index (χ3v) is 4.33. The van der Waals surface area contributed by atoms with E-state index in [1.165, 1.54) is 0 Å². The molecule has 2 atom stereocenters. The first-order valence-electron chi connectivity index (χ1n) is 6.23. The molecule has 2 N–H and O–H groups in total. The standard InChI is InChI=1S/C14H16BrNO3/c1-14(13(18)19)7-3-6-11(14)16-12(17)9-4-2-5-10(15)8-9/h2,4-5,8,11H,3,6-7H2,1H3,(H,16,17)(H,18,19). The monoisotopic (exact) mass is 325 g/mol. The minimum absolute atomic E-state index is 0.222. The Kier molecular flexibility index (Phi) is 3.94. The summed E-state index contributed by atoms with van der Waals surface area (Å²) < 4.78 is 0.826. The molecule has 1 saturated carbocycles. The van der Waals surface area contributed by atoms with Crippen LogP contribution >= 0.6 is 15.9 Å². The zero-order valence-electron chi connectivity index (χ0n) is 10.6. The Balaban J connectivity index is 2.13. The van der Waals surface area contributed by atoms with Gasteiger partial charge >= 0.3 is 5.97 Å². The van der Waals surface area contributed by atoms with Gasteiger partial charge in [-0.1, -0.05) is 28.4 Å². The van der Waals surface area contributed by atoms with Crippen molar-refractivity contribution >= 4 is 27.8 Å². The maximum Gasteiger partial charge on any atom is 0.311 e. The molecular formula is C14H16BrNO3. The van der Waals surface area contributed by atoms with Gasteiger partial charge in [-0.3, -0.25) is 9.59 Å². The van der Waals surface area contributed by atoms with E-state index in [-0.39, 0.29) is 11.9 Å². The second-order valence-corrected chi connectivity index (χ2v) is 6.07. The minimum atomic E-state index is -0.859. The van der Waals surface area contributed by atoms with E-state index >= 15 is 0 Å². The number of halogens is 1. The molecule has 5 heteroatoms. The zero-order chi connectivity index (χ0) is 14.0. The van der Waals surface area contributed by atoms with E-state index in [2.05, 4.69) is 21.2 Å². The molecule has 0 saturated heterocycles. The Labute approximate surface area is 120 Å². The van der Waals surface area contributed by atoms with Gasteiger partial charge in [-0.2, -0.15) is 0 Å². The lowest BCUT2D eigenvalue weighted by Gasteiger charge is -2.27. The van der Waals surface area contributed by atoms with Crippen molar-refractivity contribution in [1.29, 1.82) is 0 Å². The van der Waals surface area contributed by atoms with Crippen LogP contribution in [-0.4, -0.2) is 23.0 Å². The van der Waals surface area contributed by atoms with Crippen LogP contribution in [0.4, 0.5) is 0 Å². The Morgan fingerprint density at radius 3 is 2.84 bits per heavy atom. The number of amides is 1. The largest absolute Gasteiger partial charge is 0.481 e. The number of hydrogen-bond acceptors (Lipinski definition) is 2. The van der Waals surface area contributed by atoms with Crippen LogP contribution in [0.15, 0.2) is 28.7 Å². The summed E-state index contributed by atoms with van der Waals surface area (Å²) in [6.45, 7) is 1.70. The first-order valence-corrected chi connectivity index (χ1v) is 7.02. The molecule has 102 valence electrons. The van der Waals surface area contributed by atoms with Crippen molar-refractivity contribution in [2.45, 2.75) is 32.2 Å². The molecule has 4 nitrogen and oxygen atoms in total. The van der Waals surface area contributed by atoms with Crippen molar-refractivity contribution in [3.8, 4) is 0 Å². The maximum absolute atomic E-state index is 12.1. The number of hydrogen-bond donors (Lipinski definition) is 2. The first-order chi connectivity index (χ1) is 8.93. The van der Waals surface area contributed by atoms with Gasteiger partial charge in [-0.05, 0) is 38.0 Å². The van der Waals surface area contributed by atoms with Crippen molar-refractivity contribution in [3.63, 3.8) is 0 Å². The fourth-order valence-corrected chi connectivity index (χ4v) is 2.92. The van der Waals surface area contributed by atoms with Gasteiger partial charge in [-0.15, -0.1) is 0 Å². The summed E-state index contributed by atoms with van der Waals surface area (Å²) in [5.41, 5.74) is -0.323. The van der Waals surface area contributed by atoms with E-state index in [4.69, 9.17) is 0 Å². The highest BCUT2D eigenvalue weighted by Gasteiger charge is 2.45. The normalized spacial score (nSPS) is 26.1. The van der Waals surface area contributed by atoms with Gasteiger partial charge in [0.2, 0.25) is 0 Å². The van der Waals surface area contributed by atoms with Gasteiger partial charge in [-0.25, -0.2) is 0 Å². The van der Waals surface area contributed by atoms with Gasteiger partial charge in [0.15, 0.2) is 0 Å². The lowest BCUT2D eigenvalue weighted by Crippen LogP contribution is -2.47. The van der Waals surface area contributed by atoms with Crippen LogP contribution in [0, 0.1) is 5.41 Å². The molecule has 0 bridgehead atoms. The minimum Gasteiger partial charge on any atom is -0.481 e. The molecule has 0 spiro atoms. The van der Waals surface area contributed by atoms with Gasteiger partial charge in [0.1, 0.15) is 0 Å². The number of carbonyl (C=O) groups excluding carboxylic acids is 1. The van der Waals surface area contributed by atoms with E-state index in [0.717, 1.165) is 10.9 Å². The molecule has 1 aromatic carbocycles. The summed E-state index contributed by atoms with van der Waals surface area (Å²) in [6.07, 6.45) is 2.14. The SMILES string of the molecule is CC1(C(=O)O)CCCC1NC(=O)c1cccc(Br)c1. The number of carboxylic acids is 1. The van der Waals surface area contributed by atoms with Gasteiger partial charge in [0, 0.05) is 16.1 Å².